The fourth-order valence-corrected chi connectivity index (χ4v) is 2.97. The van der Waals surface area contributed by atoms with Crippen molar-refractivity contribution in [1.82, 2.24) is 20.4 Å². The summed E-state index contributed by atoms with van der Waals surface area (Å²) in [5.74, 6) is -1.20. The topological polar surface area (TPSA) is 81.8 Å². The van der Waals surface area contributed by atoms with E-state index in [1.54, 1.807) is 11.8 Å². The molecule has 2 N–H and O–H groups in total. The van der Waals surface area contributed by atoms with Crippen LogP contribution in [0.2, 0.25) is 0 Å². The number of hydrogen-bond acceptors (Lipinski definition) is 4. The molecule has 2 heterocycles. The average Bonchev–Trinajstić information content (AvgIpc) is 2.80. The van der Waals surface area contributed by atoms with Gasteiger partial charge in [0.1, 0.15) is 17.9 Å². The van der Waals surface area contributed by atoms with Gasteiger partial charge in [0.05, 0.1) is 0 Å². The number of amides is 4. The van der Waals surface area contributed by atoms with Crippen molar-refractivity contribution in [2.24, 2.45) is 0 Å². The van der Waals surface area contributed by atoms with Crippen LogP contribution in [0.5, 0.6) is 0 Å². The van der Waals surface area contributed by atoms with Crippen molar-refractivity contribution in [3.8, 4) is 0 Å². The Balaban J connectivity index is 0.00000225. The average molecular weight is 371 g/mol. The Morgan fingerprint density at radius 2 is 1.80 bits per heavy atom. The van der Waals surface area contributed by atoms with E-state index in [0.717, 1.165) is 4.90 Å². The van der Waals surface area contributed by atoms with E-state index in [0.29, 0.717) is 31.7 Å². The molecular formula is C16H20ClFN4O3. The van der Waals surface area contributed by atoms with Gasteiger partial charge in [-0.3, -0.25) is 14.5 Å². The number of benzene rings is 1. The fourth-order valence-electron chi connectivity index (χ4n) is 2.97. The van der Waals surface area contributed by atoms with Crippen LogP contribution in [0.3, 0.4) is 0 Å². The minimum atomic E-state index is -1.30. The van der Waals surface area contributed by atoms with Crippen LogP contribution in [0, 0.1) is 5.82 Å². The molecule has 1 aromatic rings. The fraction of sp³-hybridized carbons (Fsp3) is 0.438. The number of urea groups is 1. The van der Waals surface area contributed by atoms with Crippen LogP contribution in [0.25, 0.3) is 0 Å². The molecule has 136 valence electrons. The summed E-state index contributed by atoms with van der Waals surface area (Å²) >= 11 is 0. The molecule has 1 aromatic carbocycles. The lowest BCUT2D eigenvalue weighted by Crippen LogP contribution is -2.50. The second-order valence-corrected chi connectivity index (χ2v) is 6.08. The molecule has 1 atom stereocenters. The quantitative estimate of drug-likeness (QED) is 0.757. The maximum atomic E-state index is 13.1. The van der Waals surface area contributed by atoms with Crippen LogP contribution in [-0.4, -0.2) is 60.4 Å². The van der Waals surface area contributed by atoms with Crippen molar-refractivity contribution in [2.45, 2.75) is 12.5 Å². The number of rotatable bonds is 3. The van der Waals surface area contributed by atoms with Gasteiger partial charge in [0.25, 0.3) is 5.91 Å². The zero-order valence-electron chi connectivity index (χ0n) is 13.8. The minimum absolute atomic E-state index is 0. The molecule has 0 aliphatic carbocycles. The highest BCUT2D eigenvalue weighted by molar-refractivity contribution is 6.09. The molecular weight excluding hydrogens is 351 g/mol. The highest BCUT2D eigenvalue weighted by Gasteiger charge is 2.49. The summed E-state index contributed by atoms with van der Waals surface area (Å²) < 4.78 is 13.1. The van der Waals surface area contributed by atoms with E-state index in [4.69, 9.17) is 0 Å². The van der Waals surface area contributed by atoms with Crippen LogP contribution >= 0.6 is 12.4 Å². The third-order valence-electron chi connectivity index (χ3n) is 4.46. The van der Waals surface area contributed by atoms with Gasteiger partial charge >= 0.3 is 6.03 Å². The van der Waals surface area contributed by atoms with Crippen molar-refractivity contribution in [3.63, 3.8) is 0 Å². The van der Waals surface area contributed by atoms with Crippen LogP contribution in [0.4, 0.5) is 9.18 Å². The number of piperazine rings is 1. The normalized spacial score (nSPS) is 23.3. The van der Waals surface area contributed by atoms with E-state index in [2.05, 4.69) is 10.6 Å². The van der Waals surface area contributed by atoms with Crippen molar-refractivity contribution in [3.05, 3.63) is 35.6 Å². The number of carbonyl (C=O) groups excluding carboxylic acids is 3. The summed E-state index contributed by atoms with van der Waals surface area (Å²) in [6, 6.07) is 4.75. The third-order valence-corrected chi connectivity index (χ3v) is 4.46. The molecule has 0 aromatic heterocycles. The van der Waals surface area contributed by atoms with Crippen molar-refractivity contribution in [1.29, 1.82) is 0 Å². The zero-order chi connectivity index (χ0) is 17.3. The molecule has 4 amide bonds. The number of imide groups is 1. The summed E-state index contributed by atoms with van der Waals surface area (Å²) in [4.78, 5) is 39.8. The molecule has 0 radical (unpaired) electrons. The maximum absolute atomic E-state index is 13.1. The van der Waals surface area contributed by atoms with E-state index in [-0.39, 0.29) is 24.9 Å². The summed E-state index contributed by atoms with van der Waals surface area (Å²) in [5.41, 5.74) is -0.825. The van der Waals surface area contributed by atoms with Crippen LogP contribution < -0.4 is 10.6 Å². The van der Waals surface area contributed by atoms with Gasteiger partial charge in [0.2, 0.25) is 5.91 Å². The van der Waals surface area contributed by atoms with Crippen molar-refractivity contribution in [2.75, 3.05) is 32.7 Å². The molecule has 2 fully saturated rings. The first-order valence-corrected chi connectivity index (χ1v) is 7.80. The maximum Gasteiger partial charge on any atom is 0.325 e. The number of nitrogens with zero attached hydrogens (tertiary/aromatic N) is 2. The Bertz CT molecular complexity index is 678. The molecule has 9 heteroatoms. The molecule has 1 unspecified atom stereocenters. The molecule has 7 nitrogen and oxygen atoms in total. The highest BCUT2D eigenvalue weighted by Crippen LogP contribution is 2.28. The predicted octanol–water partition coefficient (Wildman–Crippen LogP) is 0.446. The van der Waals surface area contributed by atoms with Crippen LogP contribution in [0.15, 0.2) is 24.3 Å². The van der Waals surface area contributed by atoms with Gasteiger partial charge in [-0.25, -0.2) is 9.18 Å². The van der Waals surface area contributed by atoms with E-state index >= 15 is 0 Å². The number of hydrogen-bond donors (Lipinski definition) is 2. The van der Waals surface area contributed by atoms with Gasteiger partial charge in [0, 0.05) is 26.2 Å². The zero-order valence-corrected chi connectivity index (χ0v) is 14.6. The molecule has 25 heavy (non-hydrogen) atoms. The number of carbonyl (C=O) groups is 3. The van der Waals surface area contributed by atoms with E-state index < -0.39 is 23.3 Å². The van der Waals surface area contributed by atoms with Gasteiger partial charge in [0.15, 0.2) is 0 Å². The Morgan fingerprint density at radius 1 is 1.20 bits per heavy atom. The van der Waals surface area contributed by atoms with Gasteiger partial charge in [-0.1, -0.05) is 12.1 Å². The molecule has 2 aliphatic rings. The Labute approximate surface area is 150 Å². The highest BCUT2D eigenvalue weighted by atomic mass is 35.5. The number of halogens is 2. The second kappa shape index (κ2) is 7.37. The van der Waals surface area contributed by atoms with Crippen LogP contribution in [0.1, 0.15) is 12.5 Å². The molecule has 0 saturated carbocycles. The van der Waals surface area contributed by atoms with Crippen molar-refractivity contribution >= 4 is 30.3 Å². The first-order chi connectivity index (χ1) is 11.4. The minimum Gasteiger partial charge on any atom is -0.339 e. The lowest BCUT2D eigenvalue weighted by atomic mass is 9.92. The monoisotopic (exact) mass is 370 g/mol. The Morgan fingerprint density at radius 3 is 2.40 bits per heavy atom. The summed E-state index contributed by atoms with van der Waals surface area (Å²) in [5, 5.41) is 5.74. The largest absolute Gasteiger partial charge is 0.339 e. The van der Waals surface area contributed by atoms with E-state index in [1.165, 1.54) is 24.3 Å². The first-order valence-electron chi connectivity index (χ1n) is 7.80. The lowest BCUT2D eigenvalue weighted by Gasteiger charge is -2.28. The Hall–Kier alpha value is -2.19. The smallest absolute Gasteiger partial charge is 0.325 e. The standard InChI is InChI=1S/C16H19FN4O3.ClH/c1-16(11-2-4-12(17)5-3-11)14(23)21(15(24)19-16)10-13(22)20-8-6-18-7-9-20;/h2-5,18H,6-10H2,1H3,(H,19,24);1H. The lowest BCUT2D eigenvalue weighted by molar-refractivity contribution is -0.139. The summed E-state index contributed by atoms with van der Waals surface area (Å²) in [6.45, 7) is 3.75. The predicted molar refractivity (Wildman–Crippen MR) is 90.7 cm³/mol. The van der Waals surface area contributed by atoms with Gasteiger partial charge in [-0.15, -0.1) is 12.4 Å². The third kappa shape index (κ3) is 3.59. The van der Waals surface area contributed by atoms with Gasteiger partial charge in [-0.2, -0.15) is 0 Å². The first kappa shape index (κ1) is 19.1. The molecule has 2 saturated heterocycles. The second-order valence-electron chi connectivity index (χ2n) is 6.08. The SMILES string of the molecule is CC1(c2ccc(F)cc2)NC(=O)N(CC(=O)N2CCNCC2)C1=O.Cl. The number of nitrogens with one attached hydrogen (secondary N) is 2. The molecule has 0 bridgehead atoms. The van der Waals surface area contributed by atoms with Gasteiger partial charge in [-0.05, 0) is 24.6 Å². The summed E-state index contributed by atoms with van der Waals surface area (Å²) in [6.07, 6.45) is 0. The molecule has 2 aliphatic heterocycles. The van der Waals surface area contributed by atoms with E-state index in [9.17, 15) is 18.8 Å². The molecule has 3 rings (SSSR count). The van der Waals surface area contributed by atoms with E-state index in [1.807, 2.05) is 0 Å². The van der Waals surface area contributed by atoms with Crippen molar-refractivity contribution < 1.29 is 18.8 Å². The van der Waals surface area contributed by atoms with Gasteiger partial charge < -0.3 is 15.5 Å². The van der Waals surface area contributed by atoms with Crippen LogP contribution in [-0.2, 0) is 15.1 Å². The Kier molecular flexibility index (Phi) is 5.64. The summed E-state index contributed by atoms with van der Waals surface area (Å²) in [7, 11) is 0. The molecule has 0 spiro atoms.